The van der Waals surface area contributed by atoms with E-state index in [1.165, 1.54) is 16.8 Å². The summed E-state index contributed by atoms with van der Waals surface area (Å²) in [5, 5.41) is 2.95. The molecule has 25 heavy (non-hydrogen) atoms. The predicted molar refractivity (Wildman–Crippen MR) is 102 cm³/mol. The molecule has 2 amide bonds. The molecule has 0 saturated carbocycles. The molecule has 1 fully saturated rings. The van der Waals surface area contributed by atoms with Crippen molar-refractivity contribution in [2.45, 2.75) is 13.8 Å². The molecule has 1 aliphatic heterocycles. The van der Waals surface area contributed by atoms with Gasteiger partial charge in [-0.15, -0.1) is 0 Å². The number of carbonyl (C=O) groups excluding carboxylic acids is 1. The van der Waals surface area contributed by atoms with E-state index in [9.17, 15) is 4.79 Å². The first kappa shape index (κ1) is 17.1. The molecule has 2 aromatic carbocycles. The minimum atomic E-state index is -0.0497. The van der Waals surface area contributed by atoms with Crippen LogP contribution in [0.3, 0.4) is 0 Å². The van der Waals surface area contributed by atoms with Gasteiger partial charge < -0.3 is 19.9 Å². The van der Waals surface area contributed by atoms with Crippen molar-refractivity contribution in [2.24, 2.45) is 0 Å². The molecule has 1 saturated heterocycles. The molecule has 0 aliphatic carbocycles. The van der Waals surface area contributed by atoms with Crippen LogP contribution in [0.2, 0.25) is 0 Å². The van der Waals surface area contributed by atoms with Gasteiger partial charge in [-0.3, -0.25) is 0 Å². The topological polar surface area (TPSA) is 44.8 Å². The highest BCUT2D eigenvalue weighted by atomic mass is 16.5. The molecule has 3 rings (SSSR count). The number of hydrogen-bond acceptors (Lipinski definition) is 3. The summed E-state index contributed by atoms with van der Waals surface area (Å²) in [6, 6.07) is 13.7. The minimum Gasteiger partial charge on any atom is -0.497 e. The third-order valence-corrected chi connectivity index (χ3v) is 4.66. The van der Waals surface area contributed by atoms with E-state index in [1.54, 1.807) is 7.11 Å². The van der Waals surface area contributed by atoms with Crippen LogP contribution in [0.4, 0.5) is 16.2 Å². The molecule has 0 radical (unpaired) electrons. The number of ether oxygens (including phenoxy) is 1. The minimum absolute atomic E-state index is 0.0497. The summed E-state index contributed by atoms with van der Waals surface area (Å²) in [7, 11) is 1.63. The normalized spacial score (nSPS) is 14.4. The second kappa shape index (κ2) is 7.47. The van der Waals surface area contributed by atoms with Gasteiger partial charge in [-0.1, -0.05) is 18.2 Å². The van der Waals surface area contributed by atoms with E-state index in [0.717, 1.165) is 37.6 Å². The Kier molecular flexibility index (Phi) is 5.12. The number of rotatable bonds is 3. The lowest BCUT2D eigenvalue weighted by Crippen LogP contribution is -2.50. The van der Waals surface area contributed by atoms with Gasteiger partial charge in [0.05, 0.1) is 7.11 Å². The fourth-order valence-corrected chi connectivity index (χ4v) is 3.31. The summed E-state index contributed by atoms with van der Waals surface area (Å²) in [5.74, 6) is 0.778. The van der Waals surface area contributed by atoms with Gasteiger partial charge in [-0.05, 0) is 49.2 Å². The van der Waals surface area contributed by atoms with Crippen LogP contribution >= 0.6 is 0 Å². The lowest BCUT2D eigenvalue weighted by atomic mass is 10.1. The molecule has 5 heteroatoms. The zero-order valence-electron chi connectivity index (χ0n) is 15.1. The molecule has 1 N–H and O–H groups in total. The van der Waals surface area contributed by atoms with Gasteiger partial charge in [-0.2, -0.15) is 0 Å². The Labute approximate surface area is 149 Å². The maximum atomic E-state index is 12.5. The Morgan fingerprint density at radius 3 is 2.12 bits per heavy atom. The van der Waals surface area contributed by atoms with Crippen LogP contribution in [-0.2, 0) is 0 Å². The van der Waals surface area contributed by atoms with Crippen LogP contribution in [0.1, 0.15) is 11.1 Å². The second-order valence-electron chi connectivity index (χ2n) is 6.37. The summed E-state index contributed by atoms with van der Waals surface area (Å²) >= 11 is 0. The standard InChI is InChI=1S/C20H25N3O2/c1-15-5-4-6-16(2)19(15)22-11-13-23(14-12-22)20(24)21-17-7-9-18(25-3)10-8-17/h4-10H,11-14H2,1-3H3,(H,21,24). The summed E-state index contributed by atoms with van der Waals surface area (Å²) in [5.41, 5.74) is 4.66. The number of methoxy groups -OCH3 is 1. The van der Waals surface area contributed by atoms with Crippen LogP contribution < -0.4 is 15.0 Å². The van der Waals surface area contributed by atoms with Crippen molar-refractivity contribution in [1.29, 1.82) is 0 Å². The lowest BCUT2D eigenvalue weighted by molar-refractivity contribution is 0.208. The van der Waals surface area contributed by atoms with E-state index in [1.807, 2.05) is 29.2 Å². The SMILES string of the molecule is COc1ccc(NC(=O)N2CCN(c3c(C)cccc3C)CC2)cc1. The van der Waals surface area contributed by atoms with Gasteiger partial charge in [0.15, 0.2) is 0 Å². The van der Waals surface area contributed by atoms with Crippen LogP contribution in [0.25, 0.3) is 0 Å². The van der Waals surface area contributed by atoms with Gasteiger partial charge in [0.2, 0.25) is 0 Å². The molecule has 2 aromatic rings. The Morgan fingerprint density at radius 2 is 1.56 bits per heavy atom. The lowest BCUT2D eigenvalue weighted by Gasteiger charge is -2.37. The van der Waals surface area contributed by atoms with Crippen molar-refractivity contribution in [2.75, 3.05) is 43.5 Å². The van der Waals surface area contributed by atoms with Gasteiger partial charge in [-0.25, -0.2) is 4.79 Å². The number of urea groups is 1. The molecule has 0 spiro atoms. The van der Waals surface area contributed by atoms with Crippen molar-refractivity contribution in [3.8, 4) is 5.75 Å². The maximum absolute atomic E-state index is 12.5. The maximum Gasteiger partial charge on any atom is 0.321 e. The Morgan fingerprint density at radius 1 is 0.960 bits per heavy atom. The molecule has 0 bridgehead atoms. The van der Waals surface area contributed by atoms with Crippen molar-refractivity contribution >= 4 is 17.4 Å². The molecular weight excluding hydrogens is 314 g/mol. The monoisotopic (exact) mass is 339 g/mol. The van der Waals surface area contributed by atoms with E-state index >= 15 is 0 Å². The van der Waals surface area contributed by atoms with Gasteiger partial charge >= 0.3 is 6.03 Å². The molecule has 1 aliphatic rings. The molecule has 132 valence electrons. The van der Waals surface area contributed by atoms with Gasteiger partial charge in [0, 0.05) is 37.6 Å². The van der Waals surface area contributed by atoms with Crippen LogP contribution in [-0.4, -0.2) is 44.2 Å². The molecule has 0 aromatic heterocycles. The highest BCUT2D eigenvalue weighted by Crippen LogP contribution is 2.25. The quantitative estimate of drug-likeness (QED) is 0.928. The third-order valence-electron chi connectivity index (χ3n) is 4.66. The van der Waals surface area contributed by atoms with Crippen molar-refractivity contribution in [3.05, 3.63) is 53.6 Å². The molecule has 5 nitrogen and oxygen atoms in total. The van der Waals surface area contributed by atoms with Crippen LogP contribution in [0.5, 0.6) is 5.75 Å². The number of carbonyl (C=O) groups is 1. The number of benzene rings is 2. The zero-order valence-corrected chi connectivity index (χ0v) is 15.1. The van der Waals surface area contributed by atoms with Crippen molar-refractivity contribution in [1.82, 2.24) is 4.90 Å². The first-order valence-corrected chi connectivity index (χ1v) is 8.59. The largest absolute Gasteiger partial charge is 0.497 e. The summed E-state index contributed by atoms with van der Waals surface area (Å²) in [6.45, 7) is 7.42. The number of anilines is 2. The van der Waals surface area contributed by atoms with Crippen LogP contribution in [0.15, 0.2) is 42.5 Å². The van der Waals surface area contributed by atoms with Crippen molar-refractivity contribution in [3.63, 3.8) is 0 Å². The van der Waals surface area contributed by atoms with E-state index < -0.39 is 0 Å². The Bertz CT molecular complexity index is 715. The molecule has 1 heterocycles. The number of nitrogens with one attached hydrogen (secondary N) is 1. The van der Waals surface area contributed by atoms with Gasteiger partial charge in [0.1, 0.15) is 5.75 Å². The average molecular weight is 339 g/mol. The molecule has 0 unspecified atom stereocenters. The van der Waals surface area contributed by atoms with Crippen LogP contribution in [0, 0.1) is 13.8 Å². The average Bonchev–Trinajstić information content (AvgIpc) is 2.63. The van der Waals surface area contributed by atoms with Gasteiger partial charge in [0.25, 0.3) is 0 Å². The summed E-state index contributed by atoms with van der Waals surface area (Å²) in [6.07, 6.45) is 0. The number of para-hydroxylation sites is 1. The summed E-state index contributed by atoms with van der Waals surface area (Å²) < 4.78 is 5.13. The van der Waals surface area contributed by atoms with E-state index in [2.05, 4.69) is 42.3 Å². The first-order valence-electron chi connectivity index (χ1n) is 8.59. The van der Waals surface area contributed by atoms with Crippen molar-refractivity contribution < 1.29 is 9.53 Å². The predicted octanol–water partition coefficient (Wildman–Crippen LogP) is 3.67. The van der Waals surface area contributed by atoms with E-state index in [0.29, 0.717) is 0 Å². The number of piperazine rings is 1. The molecule has 0 atom stereocenters. The third kappa shape index (κ3) is 3.87. The fourth-order valence-electron chi connectivity index (χ4n) is 3.31. The summed E-state index contributed by atoms with van der Waals surface area (Å²) in [4.78, 5) is 16.7. The Hall–Kier alpha value is -2.69. The molecular formula is C20H25N3O2. The zero-order chi connectivity index (χ0) is 17.8. The highest BCUT2D eigenvalue weighted by molar-refractivity contribution is 5.89. The number of hydrogen-bond donors (Lipinski definition) is 1. The Balaban J connectivity index is 1.59. The number of aryl methyl sites for hydroxylation is 2. The fraction of sp³-hybridized carbons (Fsp3) is 0.350. The highest BCUT2D eigenvalue weighted by Gasteiger charge is 2.22. The first-order chi connectivity index (χ1) is 12.1. The van der Waals surface area contributed by atoms with E-state index in [4.69, 9.17) is 4.74 Å². The number of amides is 2. The smallest absolute Gasteiger partial charge is 0.321 e. The number of nitrogens with zero attached hydrogens (tertiary/aromatic N) is 2. The second-order valence-corrected chi connectivity index (χ2v) is 6.37. The van der Waals surface area contributed by atoms with E-state index in [-0.39, 0.29) is 6.03 Å².